The van der Waals surface area contributed by atoms with Gasteiger partial charge < -0.3 is 20.7 Å². The van der Waals surface area contributed by atoms with E-state index in [1.54, 1.807) is 7.11 Å². The molecule has 1 aliphatic heterocycles. The second-order valence-electron chi connectivity index (χ2n) is 4.99. The van der Waals surface area contributed by atoms with E-state index < -0.39 is 0 Å². The lowest BCUT2D eigenvalue weighted by molar-refractivity contribution is 0.193. The van der Waals surface area contributed by atoms with Crippen molar-refractivity contribution in [3.05, 3.63) is 0 Å². The molecule has 1 saturated heterocycles. The van der Waals surface area contributed by atoms with Crippen molar-refractivity contribution in [2.75, 3.05) is 49.3 Å². The van der Waals surface area contributed by atoms with Crippen LogP contribution in [-0.4, -0.2) is 48.3 Å². The summed E-state index contributed by atoms with van der Waals surface area (Å²) in [6.07, 6.45) is 5.68. The largest absolute Gasteiger partial charge is 0.385 e. The standard InChI is InChI=1S/C13H24N6O/c1-20-10-6-3-7-15-12-16-11(14)17-13(18-12)19-8-4-2-5-9-19/h2-10H2,1H3,(H3,14,15,16,17,18). The van der Waals surface area contributed by atoms with Crippen LogP contribution in [-0.2, 0) is 4.74 Å². The number of hydrogen-bond acceptors (Lipinski definition) is 7. The van der Waals surface area contributed by atoms with Crippen LogP contribution < -0.4 is 16.0 Å². The van der Waals surface area contributed by atoms with E-state index in [1.807, 2.05) is 0 Å². The average molecular weight is 280 g/mol. The first-order valence-corrected chi connectivity index (χ1v) is 7.29. The van der Waals surface area contributed by atoms with Gasteiger partial charge in [0.1, 0.15) is 0 Å². The summed E-state index contributed by atoms with van der Waals surface area (Å²) in [4.78, 5) is 15.0. The second-order valence-corrected chi connectivity index (χ2v) is 4.99. The Morgan fingerprint density at radius 1 is 1.15 bits per heavy atom. The van der Waals surface area contributed by atoms with E-state index in [0.29, 0.717) is 11.9 Å². The van der Waals surface area contributed by atoms with Crippen molar-refractivity contribution in [3.63, 3.8) is 0 Å². The first kappa shape index (κ1) is 14.8. The van der Waals surface area contributed by atoms with Crippen LogP contribution >= 0.6 is 0 Å². The molecule has 0 amide bonds. The summed E-state index contributed by atoms with van der Waals surface area (Å²) in [6.45, 7) is 3.58. The first-order chi connectivity index (χ1) is 9.79. The molecular formula is C13H24N6O. The summed E-state index contributed by atoms with van der Waals surface area (Å²) in [5.74, 6) is 1.53. The number of hydrogen-bond donors (Lipinski definition) is 2. The number of aromatic nitrogens is 3. The van der Waals surface area contributed by atoms with Gasteiger partial charge in [-0.1, -0.05) is 0 Å². The molecule has 0 aliphatic carbocycles. The Morgan fingerprint density at radius 3 is 2.70 bits per heavy atom. The van der Waals surface area contributed by atoms with Gasteiger partial charge in [-0.05, 0) is 32.1 Å². The highest BCUT2D eigenvalue weighted by molar-refractivity contribution is 5.42. The lowest BCUT2D eigenvalue weighted by Crippen LogP contribution is -2.31. The maximum Gasteiger partial charge on any atom is 0.231 e. The molecule has 0 atom stereocenters. The number of rotatable bonds is 7. The summed E-state index contributed by atoms with van der Waals surface area (Å²) >= 11 is 0. The lowest BCUT2D eigenvalue weighted by Gasteiger charge is -2.26. The summed E-state index contributed by atoms with van der Waals surface area (Å²) in [6, 6.07) is 0. The third-order valence-corrected chi connectivity index (χ3v) is 3.34. The highest BCUT2D eigenvalue weighted by Gasteiger charge is 2.15. The fourth-order valence-corrected chi connectivity index (χ4v) is 2.27. The van der Waals surface area contributed by atoms with Crippen LogP contribution in [0.3, 0.4) is 0 Å². The molecule has 0 saturated carbocycles. The predicted octanol–water partition coefficient (Wildman–Crippen LogP) is 1.28. The Hall–Kier alpha value is -1.63. The Kier molecular flexibility index (Phi) is 5.79. The Balaban J connectivity index is 1.90. The predicted molar refractivity (Wildman–Crippen MR) is 79.9 cm³/mol. The minimum atomic E-state index is 0.278. The molecule has 0 spiro atoms. The highest BCUT2D eigenvalue weighted by atomic mass is 16.5. The van der Waals surface area contributed by atoms with Crippen LogP contribution in [0.25, 0.3) is 0 Å². The smallest absolute Gasteiger partial charge is 0.231 e. The molecule has 0 bridgehead atoms. The first-order valence-electron chi connectivity index (χ1n) is 7.29. The monoisotopic (exact) mass is 280 g/mol. The van der Waals surface area contributed by atoms with Crippen molar-refractivity contribution in [1.29, 1.82) is 0 Å². The molecule has 112 valence electrons. The lowest BCUT2D eigenvalue weighted by atomic mass is 10.1. The summed E-state index contributed by atoms with van der Waals surface area (Å²) in [5, 5.41) is 3.20. The highest BCUT2D eigenvalue weighted by Crippen LogP contribution is 2.17. The Bertz CT molecular complexity index is 408. The quantitative estimate of drug-likeness (QED) is 0.727. The number of unbranched alkanes of at least 4 members (excludes halogenated alkanes) is 1. The molecule has 7 heteroatoms. The minimum absolute atomic E-state index is 0.278. The third kappa shape index (κ3) is 4.48. The molecular weight excluding hydrogens is 256 g/mol. The minimum Gasteiger partial charge on any atom is -0.385 e. The van der Waals surface area contributed by atoms with Crippen LogP contribution in [0.2, 0.25) is 0 Å². The van der Waals surface area contributed by atoms with Crippen molar-refractivity contribution in [2.24, 2.45) is 0 Å². The molecule has 2 rings (SSSR count). The van der Waals surface area contributed by atoms with Crippen LogP contribution in [0.4, 0.5) is 17.8 Å². The summed E-state index contributed by atoms with van der Waals surface area (Å²) in [5.41, 5.74) is 5.77. The molecule has 20 heavy (non-hydrogen) atoms. The number of nitrogens with two attached hydrogens (primary N) is 1. The number of ether oxygens (including phenoxy) is 1. The van der Waals surface area contributed by atoms with Gasteiger partial charge >= 0.3 is 0 Å². The molecule has 0 aromatic carbocycles. The van der Waals surface area contributed by atoms with E-state index in [9.17, 15) is 0 Å². The molecule has 1 fully saturated rings. The maximum atomic E-state index is 5.77. The van der Waals surface area contributed by atoms with Gasteiger partial charge in [0.25, 0.3) is 0 Å². The number of nitrogens with one attached hydrogen (secondary N) is 1. The zero-order chi connectivity index (χ0) is 14.2. The van der Waals surface area contributed by atoms with E-state index >= 15 is 0 Å². The van der Waals surface area contributed by atoms with Crippen LogP contribution in [0.1, 0.15) is 32.1 Å². The van der Waals surface area contributed by atoms with E-state index in [4.69, 9.17) is 10.5 Å². The normalized spacial score (nSPS) is 15.3. The van der Waals surface area contributed by atoms with Gasteiger partial charge in [0.05, 0.1) is 0 Å². The van der Waals surface area contributed by atoms with E-state index in [-0.39, 0.29) is 5.95 Å². The zero-order valence-corrected chi connectivity index (χ0v) is 12.1. The van der Waals surface area contributed by atoms with Crippen molar-refractivity contribution in [3.8, 4) is 0 Å². The van der Waals surface area contributed by atoms with Crippen LogP contribution in [0.5, 0.6) is 0 Å². The zero-order valence-electron chi connectivity index (χ0n) is 12.1. The van der Waals surface area contributed by atoms with Crippen LogP contribution in [0.15, 0.2) is 0 Å². The maximum absolute atomic E-state index is 5.77. The molecule has 7 nitrogen and oxygen atoms in total. The van der Waals surface area contributed by atoms with Gasteiger partial charge in [-0.15, -0.1) is 0 Å². The van der Waals surface area contributed by atoms with Crippen molar-refractivity contribution < 1.29 is 4.74 Å². The van der Waals surface area contributed by atoms with Crippen molar-refractivity contribution in [2.45, 2.75) is 32.1 Å². The topological polar surface area (TPSA) is 89.2 Å². The van der Waals surface area contributed by atoms with Gasteiger partial charge in [0, 0.05) is 33.4 Å². The summed E-state index contributed by atoms with van der Waals surface area (Å²) in [7, 11) is 1.71. The molecule has 1 aliphatic rings. The van der Waals surface area contributed by atoms with E-state index in [2.05, 4.69) is 25.2 Å². The number of piperidine rings is 1. The van der Waals surface area contributed by atoms with Gasteiger partial charge in [0.2, 0.25) is 17.8 Å². The number of anilines is 3. The SMILES string of the molecule is COCCCCNc1nc(N)nc(N2CCCCC2)n1. The number of methoxy groups -OCH3 is 1. The van der Waals surface area contributed by atoms with Gasteiger partial charge in [-0.3, -0.25) is 0 Å². The van der Waals surface area contributed by atoms with Crippen molar-refractivity contribution in [1.82, 2.24) is 15.0 Å². The van der Waals surface area contributed by atoms with Gasteiger partial charge in [0.15, 0.2) is 0 Å². The summed E-state index contributed by atoms with van der Waals surface area (Å²) < 4.78 is 5.02. The average Bonchev–Trinajstić information content (AvgIpc) is 2.47. The van der Waals surface area contributed by atoms with Crippen LogP contribution in [0, 0.1) is 0 Å². The van der Waals surface area contributed by atoms with Gasteiger partial charge in [-0.25, -0.2) is 0 Å². The van der Waals surface area contributed by atoms with E-state index in [0.717, 1.165) is 39.1 Å². The molecule has 1 aromatic heterocycles. The fraction of sp³-hybridized carbons (Fsp3) is 0.769. The Labute approximate surface area is 119 Å². The number of nitrogen functional groups attached to an aromatic ring is 1. The molecule has 0 unspecified atom stereocenters. The third-order valence-electron chi connectivity index (χ3n) is 3.34. The molecule has 1 aromatic rings. The van der Waals surface area contributed by atoms with Crippen molar-refractivity contribution >= 4 is 17.8 Å². The number of nitrogens with zero attached hydrogens (tertiary/aromatic N) is 4. The molecule has 0 radical (unpaired) electrons. The fourth-order valence-electron chi connectivity index (χ4n) is 2.27. The van der Waals surface area contributed by atoms with E-state index in [1.165, 1.54) is 19.3 Å². The molecule has 2 heterocycles. The molecule has 3 N–H and O–H groups in total. The second kappa shape index (κ2) is 7.84. The Morgan fingerprint density at radius 2 is 1.95 bits per heavy atom. The van der Waals surface area contributed by atoms with Gasteiger partial charge in [-0.2, -0.15) is 15.0 Å².